The summed E-state index contributed by atoms with van der Waals surface area (Å²) in [5.74, 6) is -3.52. The molecule has 1 aliphatic rings. The molecule has 1 heterocycles. The van der Waals surface area contributed by atoms with Crippen molar-refractivity contribution in [3.63, 3.8) is 0 Å². The number of rotatable bonds is 2. The zero-order valence-corrected chi connectivity index (χ0v) is 10.6. The summed E-state index contributed by atoms with van der Waals surface area (Å²) in [7, 11) is 0. The monoisotopic (exact) mass is 280 g/mol. The van der Waals surface area contributed by atoms with Crippen LogP contribution in [0.2, 0.25) is 0 Å². The van der Waals surface area contributed by atoms with Crippen LogP contribution in [0.5, 0.6) is 0 Å². The van der Waals surface area contributed by atoms with Gasteiger partial charge in [0.2, 0.25) is 0 Å². The van der Waals surface area contributed by atoms with Gasteiger partial charge in [0, 0.05) is 17.0 Å². The third-order valence-corrected chi connectivity index (χ3v) is 3.42. The van der Waals surface area contributed by atoms with E-state index in [9.17, 15) is 18.0 Å². The van der Waals surface area contributed by atoms with Crippen molar-refractivity contribution < 1.29 is 13.2 Å². The Kier molecular flexibility index (Phi) is 2.88. The normalized spacial score (nSPS) is 14.6. The van der Waals surface area contributed by atoms with Crippen LogP contribution in [0.15, 0.2) is 16.9 Å². The number of aromatic amines is 1. The molecule has 3 nitrogen and oxygen atoms in total. The fourth-order valence-electron chi connectivity index (χ4n) is 2.07. The maximum Gasteiger partial charge on any atom is 0.254 e. The second-order valence-electron chi connectivity index (χ2n) is 4.92. The lowest BCUT2D eigenvalue weighted by Gasteiger charge is -2.09. The van der Waals surface area contributed by atoms with Crippen molar-refractivity contribution in [2.75, 3.05) is 0 Å². The number of hydrogen-bond donors (Lipinski definition) is 1. The summed E-state index contributed by atoms with van der Waals surface area (Å²) in [6.45, 7) is 1.47. The Balaban J connectivity index is 2.24. The minimum absolute atomic E-state index is 0.0621. The van der Waals surface area contributed by atoms with Crippen LogP contribution in [0.3, 0.4) is 0 Å². The van der Waals surface area contributed by atoms with E-state index in [4.69, 9.17) is 0 Å². The number of aromatic nitrogens is 2. The van der Waals surface area contributed by atoms with Crippen LogP contribution in [0.4, 0.5) is 13.2 Å². The molecule has 1 fully saturated rings. The molecule has 20 heavy (non-hydrogen) atoms. The Morgan fingerprint density at radius 3 is 2.55 bits per heavy atom. The number of H-pyrrole nitrogens is 1. The number of hydrogen-bond acceptors (Lipinski definition) is 2. The largest absolute Gasteiger partial charge is 0.310 e. The van der Waals surface area contributed by atoms with E-state index in [-0.39, 0.29) is 28.3 Å². The summed E-state index contributed by atoms with van der Waals surface area (Å²) in [6.07, 6.45) is 1.82. The fraction of sp³-hybridized carbons (Fsp3) is 0.286. The zero-order chi connectivity index (χ0) is 14.4. The molecule has 3 rings (SSSR count). The molecule has 1 saturated carbocycles. The van der Waals surface area contributed by atoms with Crippen LogP contribution in [0, 0.1) is 24.4 Å². The van der Waals surface area contributed by atoms with Crippen molar-refractivity contribution in [2.24, 2.45) is 0 Å². The van der Waals surface area contributed by atoms with E-state index >= 15 is 0 Å². The first-order chi connectivity index (χ1) is 9.49. The second kappa shape index (κ2) is 4.47. The van der Waals surface area contributed by atoms with Gasteiger partial charge in [-0.2, -0.15) is 0 Å². The SMILES string of the molecule is Cc1c(-c2ccc(F)c(F)c2F)nc(C2CC2)[nH]c1=O. The molecule has 0 unspecified atom stereocenters. The number of nitrogens with zero attached hydrogens (tertiary/aromatic N) is 1. The predicted molar refractivity (Wildman–Crippen MR) is 66.9 cm³/mol. The second-order valence-corrected chi connectivity index (χ2v) is 4.92. The van der Waals surface area contributed by atoms with Crippen LogP contribution in [0.25, 0.3) is 11.3 Å². The van der Waals surface area contributed by atoms with Gasteiger partial charge in [0.1, 0.15) is 5.82 Å². The smallest absolute Gasteiger partial charge is 0.254 e. The fourth-order valence-corrected chi connectivity index (χ4v) is 2.07. The molecule has 6 heteroatoms. The molecule has 0 bridgehead atoms. The van der Waals surface area contributed by atoms with Gasteiger partial charge in [-0.25, -0.2) is 18.2 Å². The summed E-state index contributed by atoms with van der Waals surface area (Å²) in [6, 6.07) is 1.92. The maximum atomic E-state index is 13.8. The van der Waals surface area contributed by atoms with Gasteiger partial charge < -0.3 is 4.98 Å². The number of halogens is 3. The van der Waals surface area contributed by atoms with E-state index in [1.165, 1.54) is 6.92 Å². The molecular formula is C14H11F3N2O. The lowest BCUT2D eigenvalue weighted by molar-refractivity contribution is 0.448. The molecule has 1 N–H and O–H groups in total. The minimum atomic E-state index is -1.56. The van der Waals surface area contributed by atoms with Gasteiger partial charge in [-0.1, -0.05) is 0 Å². The van der Waals surface area contributed by atoms with Gasteiger partial charge in [0.25, 0.3) is 5.56 Å². The van der Waals surface area contributed by atoms with Crippen molar-refractivity contribution in [1.82, 2.24) is 9.97 Å². The Morgan fingerprint density at radius 1 is 1.20 bits per heavy atom. The predicted octanol–water partition coefficient (Wildman–Crippen LogP) is 3.04. The highest BCUT2D eigenvalue weighted by atomic mass is 19.2. The molecule has 1 aromatic heterocycles. The summed E-state index contributed by atoms with van der Waals surface area (Å²) in [5, 5.41) is 0. The molecule has 0 saturated heterocycles. The average Bonchev–Trinajstić information content (AvgIpc) is 3.24. The summed E-state index contributed by atoms with van der Waals surface area (Å²) in [5.41, 5.74) is -0.346. The minimum Gasteiger partial charge on any atom is -0.310 e. The van der Waals surface area contributed by atoms with E-state index < -0.39 is 17.5 Å². The maximum absolute atomic E-state index is 13.8. The van der Waals surface area contributed by atoms with Gasteiger partial charge in [-0.3, -0.25) is 4.79 Å². The topological polar surface area (TPSA) is 45.8 Å². The van der Waals surface area contributed by atoms with Crippen LogP contribution >= 0.6 is 0 Å². The first-order valence-corrected chi connectivity index (χ1v) is 6.23. The van der Waals surface area contributed by atoms with E-state index in [0.717, 1.165) is 25.0 Å². The van der Waals surface area contributed by atoms with Crippen molar-refractivity contribution in [3.8, 4) is 11.3 Å². The first kappa shape index (κ1) is 12.9. The van der Waals surface area contributed by atoms with Gasteiger partial charge in [-0.05, 0) is 31.9 Å². The molecule has 1 aromatic carbocycles. The molecule has 104 valence electrons. The van der Waals surface area contributed by atoms with Gasteiger partial charge in [-0.15, -0.1) is 0 Å². The van der Waals surface area contributed by atoms with Crippen LogP contribution in [-0.2, 0) is 0 Å². The van der Waals surface area contributed by atoms with Gasteiger partial charge >= 0.3 is 0 Å². The Hall–Kier alpha value is -2.11. The molecule has 0 amide bonds. The number of benzene rings is 1. The van der Waals surface area contributed by atoms with Crippen molar-refractivity contribution >= 4 is 0 Å². The molecule has 0 aliphatic heterocycles. The standard InChI is InChI=1S/C14H11F3N2O/c1-6-12(8-4-5-9(15)11(17)10(8)16)18-13(7-2-3-7)19-14(6)20/h4-5,7H,2-3H2,1H3,(H,18,19,20). The highest BCUT2D eigenvalue weighted by Gasteiger charge is 2.28. The molecule has 0 radical (unpaired) electrons. The Labute approximate surface area is 112 Å². The summed E-state index contributed by atoms with van der Waals surface area (Å²) in [4.78, 5) is 18.7. The Morgan fingerprint density at radius 2 is 1.90 bits per heavy atom. The van der Waals surface area contributed by atoms with Crippen LogP contribution < -0.4 is 5.56 Å². The molecule has 2 aromatic rings. The third-order valence-electron chi connectivity index (χ3n) is 3.42. The van der Waals surface area contributed by atoms with Crippen LogP contribution in [0.1, 0.15) is 30.1 Å². The zero-order valence-electron chi connectivity index (χ0n) is 10.6. The summed E-state index contributed by atoms with van der Waals surface area (Å²) >= 11 is 0. The van der Waals surface area contributed by atoms with Crippen molar-refractivity contribution in [1.29, 1.82) is 0 Å². The van der Waals surface area contributed by atoms with E-state index in [2.05, 4.69) is 9.97 Å². The van der Waals surface area contributed by atoms with E-state index in [0.29, 0.717) is 5.82 Å². The highest BCUT2D eigenvalue weighted by Crippen LogP contribution is 2.38. The summed E-state index contributed by atoms with van der Waals surface area (Å²) < 4.78 is 40.1. The third kappa shape index (κ3) is 2.01. The van der Waals surface area contributed by atoms with Crippen molar-refractivity contribution in [3.05, 3.63) is 51.3 Å². The number of nitrogens with one attached hydrogen (secondary N) is 1. The molecule has 0 spiro atoms. The Bertz CT molecular complexity index is 751. The molecule has 1 aliphatic carbocycles. The van der Waals surface area contributed by atoms with E-state index in [1.54, 1.807) is 0 Å². The highest BCUT2D eigenvalue weighted by molar-refractivity contribution is 5.63. The van der Waals surface area contributed by atoms with Gasteiger partial charge in [0.15, 0.2) is 17.5 Å². The quantitative estimate of drug-likeness (QED) is 0.859. The van der Waals surface area contributed by atoms with Gasteiger partial charge in [0.05, 0.1) is 5.69 Å². The molecular weight excluding hydrogens is 269 g/mol. The first-order valence-electron chi connectivity index (χ1n) is 6.23. The molecule has 0 atom stereocenters. The van der Waals surface area contributed by atoms with E-state index in [1.807, 2.05) is 0 Å². The average molecular weight is 280 g/mol. The lowest BCUT2D eigenvalue weighted by Crippen LogP contribution is -2.16. The lowest BCUT2D eigenvalue weighted by atomic mass is 10.1. The van der Waals surface area contributed by atoms with Crippen molar-refractivity contribution in [2.45, 2.75) is 25.7 Å². The van der Waals surface area contributed by atoms with Crippen LogP contribution in [-0.4, -0.2) is 9.97 Å².